The van der Waals surface area contributed by atoms with E-state index in [2.05, 4.69) is 0 Å². The van der Waals surface area contributed by atoms with Crippen LogP contribution in [-0.2, 0) is 13.6 Å². The number of aliphatic hydroxyl groups excluding tert-OH is 1. The third kappa shape index (κ3) is 8.08. The normalized spacial score (nSPS) is 11.7. The molecule has 0 saturated carbocycles. The van der Waals surface area contributed by atoms with Gasteiger partial charge in [0.25, 0.3) is 0 Å². The Labute approximate surface area is 73.8 Å². The molecule has 0 aromatic heterocycles. The second kappa shape index (κ2) is 9.07. The lowest BCUT2D eigenvalue weighted by molar-refractivity contribution is 0.198. The predicted octanol–water partition coefficient (Wildman–Crippen LogP) is 1.86. The number of aliphatic hydroxyl groups is 1. The molecule has 0 amide bonds. The van der Waals surface area contributed by atoms with Crippen LogP contribution in [0.15, 0.2) is 0 Å². The molecule has 1 atom stereocenters. The van der Waals surface area contributed by atoms with Crippen molar-refractivity contribution in [3.05, 3.63) is 0 Å². The maximum Gasteiger partial charge on any atom is 0.697 e. The molecule has 0 fully saturated rings. The lowest BCUT2D eigenvalue weighted by Gasteiger charge is -1.89. The Bertz CT molecular complexity index is 106. The van der Waals surface area contributed by atoms with E-state index in [9.17, 15) is 4.57 Å². The molecule has 1 N–H and O–H groups in total. The van der Waals surface area contributed by atoms with Crippen LogP contribution < -0.4 is 0 Å². The highest BCUT2D eigenvalue weighted by molar-refractivity contribution is 7.33. The zero-order valence-electron chi connectivity index (χ0n) is 7.36. The zero-order chi connectivity index (χ0) is 9.23. The zero-order valence-corrected chi connectivity index (χ0v) is 8.26. The van der Waals surface area contributed by atoms with Gasteiger partial charge in [0.1, 0.15) is 13.2 Å². The maximum absolute atomic E-state index is 10.8. The van der Waals surface area contributed by atoms with E-state index in [0.717, 1.165) is 12.8 Å². The van der Waals surface area contributed by atoms with Gasteiger partial charge in [-0.3, -0.25) is 0 Å². The molecule has 4 nitrogen and oxygen atoms in total. The molecule has 0 aromatic rings. The highest BCUT2D eigenvalue weighted by Gasteiger charge is 2.18. The molecule has 0 radical (unpaired) electrons. The molecule has 0 aliphatic rings. The molecule has 0 aliphatic carbocycles. The summed E-state index contributed by atoms with van der Waals surface area (Å²) in [6, 6.07) is 0. The van der Waals surface area contributed by atoms with Crippen LogP contribution >= 0.6 is 8.25 Å². The first-order valence-electron chi connectivity index (χ1n) is 4.15. The van der Waals surface area contributed by atoms with Crippen LogP contribution in [0.5, 0.6) is 0 Å². The Morgan fingerprint density at radius 1 is 1.25 bits per heavy atom. The van der Waals surface area contributed by atoms with Gasteiger partial charge in [0.2, 0.25) is 0 Å². The van der Waals surface area contributed by atoms with Crippen LogP contribution in [-0.4, -0.2) is 24.9 Å². The van der Waals surface area contributed by atoms with Gasteiger partial charge in [0, 0.05) is 11.2 Å². The highest BCUT2D eigenvalue weighted by Crippen LogP contribution is 2.23. The fourth-order valence-corrected chi connectivity index (χ4v) is 1.16. The van der Waals surface area contributed by atoms with Gasteiger partial charge in [0.05, 0.1) is 0 Å². The average Bonchev–Trinajstić information content (AvgIpc) is 2.06. The molecule has 0 bridgehead atoms. The molecule has 1 unspecified atom stereocenters. The second-order valence-corrected chi connectivity index (χ2v) is 3.28. The van der Waals surface area contributed by atoms with Crippen LogP contribution in [0.3, 0.4) is 0 Å². The summed E-state index contributed by atoms with van der Waals surface area (Å²) in [5.41, 5.74) is 0. The van der Waals surface area contributed by atoms with Crippen LogP contribution in [0.2, 0.25) is 0 Å². The van der Waals surface area contributed by atoms with Crippen molar-refractivity contribution >= 4 is 8.25 Å². The van der Waals surface area contributed by atoms with E-state index >= 15 is 0 Å². The molecule has 0 aliphatic heterocycles. The van der Waals surface area contributed by atoms with Crippen molar-refractivity contribution in [1.82, 2.24) is 0 Å². The van der Waals surface area contributed by atoms with Gasteiger partial charge < -0.3 is 5.11 Å². The minimum Gasteiger partial charge on any atom is -0.396 e. The Kier molecular flexibility index (Phi) is 9.06. The molecule has 72 valence electrons. The van der Waals surface area contributed by atoms with Crippen molar-refractivity contribution in [2.75, 3.05) is 19.8 Å². The van der Waals surface area contributed by atoms with E-state index in [1.54, 1.807) is 0 Å². The topological polar surface area (TPSA) is 55.8 Å². The highest BCUT2D eigenvalue weighted by atomic mass is 31.1. The Hall–Kier alpha value is -0.0200. The quantitative estimate of drug-likeness (QED) is 0.474. The van der Waals surface area contributed by atoms with E-state index in [4.69, 9.17) is 14.2 Å². The van der Waals surface area contributed by atoms with E-state index < -0.39 is 8.25 Å². The van der Waals surface area contributed by atoms with E-state index in [1.165, 1.54) is 0 Å². The number of unbranched alkanes of at least 4 members (excludes halogenated alkanes) is 1. The van der Waals surface area contributed by atoms with Gasteiger partial charge in [-0.1, -0.05) is 13.3 Å². The summed E-state index contributed by atoms with van der Waals surface area (Å²) in [6.07, 6.45) is 2.41. The first-order chi connectivity index (χ1) is 5.81. The summed E-state index contributed by atoms with van der Waals surface area (Å²) in [4.78, 5) is 0. The standard InChI is InChI=1S/C7H16O4P/c1-2-3-6-10-12(9)11-7-4-5-8/h8H,2-7H2,1H3/q+1. The fraction of sp³-hybridized carbons (Fsp3) is 1.00. The summed E-state index contributed by atoms with van der Waals surface area (Å²) in [5.74, 6) is 0. The van der Waals surface area contributed by atoms with Gasteiger partial charge in [-0.15, -0.1) is 9.05 Å². The second-order valence-electron chi connectivity index (χ2n) is 2.32. The van der Waals surface area contributed by atoms with Crippen molar-refractivity contribution in [2.45, 2.75) is 26.2 Å². The van der Waals surface area contributed by atoms with Crippen LogP contribution in [0.25, 0.3) is 0 Å². The Balaban J connectivity index is 3.10. The summed E-state index contributed by atoms with van der Waals surface area (Å²) in [7, 11) is -1.96. The lowest BCUT2D eigenvalue weighted by Crippen LogP contribution is -1.93. The van der Waals surface area contributed by atoms with Gasteiger partial charge in [-0.05, 0) is 12.8 Å². The lowest BCUT2D eigenvalue weighted by atomic mass is 10.4. The number of hydrogen-bond acceptors (Lipinski definition) is 4. The van der Waals surface area contributed by atoms with Gasteiger partial charge >= 0.3 is 8.25 Å². The first kappa shape index (κ1) is 12.0. The predicted molar refractivity (Wildman–Crippen MR) is 46.1 cm³/mol. The molecule has 5 heteroatoms. The molecular weight excluding hydrogens is 179 g/mol. The Morgan fingerprint density at radius 3 is 2.33 bits per heavy atom. The summed E-state index contributed by atoms with van der Waals surface area (Å²) in [6.45, 7) is 2.85. The molecule has 0 saturated heterocycles. The molecule has 0 spiro atoms. The molecule has 0 aromatic carbocycles. The summed E-state index contributed by atoms with van der Waals surface area (Å²) >= 11 is 0. The monoisotopic (exact) mass is 195 g/mol. The Morgan fingerprint density at radius 2 is 1.83 bits per heavy atom. The first-order valence-corrected chi connectivity index (χ1v) is 5.24. The van der Waals surface area contributed by atoms with Crippen LogP contribution in [0.4, 0.5) is 0 Å². The third-order valence-electron chi connectivity index (χ3n) is 1.19. The third-order valence-corrected chi connectivity index (χ3v) is 1.98. The SMILES string of the molecule is CCCCO[P+](=O)OCCCO. The molecular formula is C7H16O4P+. The van der Waals surface area contributed by atoms with Crippen molar-refractivity contribution in [1.29, 1.82) is 0 Å². The molecule has 12 heavy (non-hydrogen) atoms. The molecule has 0 heterocycles. The molecule has 0 rings (SSSR count). The maximum atomic E-state index is 10.8. The van der Waals surface area contributed by atoms with Crippen molar-refractivity contribution in [3.8, 4) is 0 Å². The fourth-order valence-electron chi connectivity index (χ4n) is 0.524. The van der Waals surface area contributed by atoms with Gasteiger partial charge in [-0.2, -0.15) is 0 Å². The summed E-state index contributed by atoms with van der Waals surface area (Å²) < 4.78 is 20.4. The van der Waals surface area contributed by atoms with E-state index in [1.807, 2.05) is 6.92 Å². The van der Waals surface area contributed by atoms with E-state index in [-0.39, 0.29) is 13.2 Å². The minimum atomic E-state index is -1.96. The average molecular weight is 195 g/mol. The smallest absolute Gasteiger partial charge is 0.396 e. The van der Waals surface area contributed by atoms with Crippen molar-refractivity contribution < 1.29 is 18.7 Å². The van der Waals surface area contributed by atoms with Crippen LogP contribution in [0.1, 0.15) is 26.2 Å². The van der Waals surface area contributed by atoms with Crippen LogP contribution in [0, 0.1) is 0 Å². The summed E-state index contributed by atoms with van der Waals surface area (Å²) in [5, 5.41) is 8.38. The van der Waals surface area contributed by atoms with Crippen molar-refractivity contribution in [3.63, 3.8) is 0 Å². The number of hydrogen-bond donors (Lipinski definition) is 1. The van der Waals surface area contributed by atoms with Gasteiger partial charge in [0.15, 0.2) is 0 Å². The van der Waals surface area contributed by atoms with Gasteiger partial charge in [-0.25, -0.2) is 0 Å². The minimum absolute atomic E-state index is 0.0537. The number of rotatable bonds is 8. The van der Waals surface area contributed by atoms with Crippen molar-refractivity contribution in [2.24, 2.45) is 0 Å². The largest absolute Gasteiger partial charge is 0.697 e. The van der Waals surface area contributed by atoms with E-state index in [0.29, 0.717) is 13.0 Å².